The number of aliphatic hydroxyl groups is 1. The maximum atomic E-state index is 10.5. The Morgan fingerprint density at radius 2 is 1.54 bits per heavy atom. The van der Waals surface area contributed by atoms with Crippen molar-refractivity contribution in [2.45, 2.75) is 88.5 Å². The maximum absolute atomic E-state index is 10.5. The molecule has 0 aromatic heterocycles. The molecular formula is C20H36ClNOS. The monoisotopic (exact) mass is 373 g/mol. The van der Waals surface area contributed by atoms with E-state index >= 15 is 0 Å². The molecule has 24 heavy (non-hydrogen) atoms. The van der Waals surface area contributed by atoms with Crippen LogP contribution in [0.15, 0.2) is 29.2 Å². The molecule has 0 heterocycles. The molecule has 1 aromatic rings. The lowest BCUT2D eigenvalue weighted by atomic mass is 10.0. The van der Waals surface area contributed by atoms with Gasteiger partial charge in [0.15, 0.2) is 0 Å². The van der Waals surface area contributed by atoms with Crippen LogP contribution in [0.1, 0.15) is 77.9 Å². The van der Waals surface area contributed by atoms with Crippen molar-refractivity contribution in [3.63, 3.8) is 0 Å². The Hall–Kier alpha value is -0.220. The van der Waals surface area contributed by atoms with Gasteiger partial charge in [-0.05, 0) is 37.6 Å². The SMILES string of the molecule is CCCCCCCCN[C@@H](C)[C@@H](O)c1ccc(SC(C)C)cc1.Cl. The fraction of sp³-hybridized carbons (Fsp3) is 0.700. The minimum atomic E-state index is -0.437. The van der Waals surface area contributed by atoms with Gasteiger partial charge in [-0.1, -0.05) is 65.0 Å². The molecule has 2 atom stereocenters. The summed E-state index contributed by atoms with van der Waals surface area (Å²) >= 11 is 1.85. The molecule has 0 amide bonds. The van der Waals surface area contributed by atoms with E-state index in [4.69, 9.17) is 0 Å². The molecule has 0 spiro atoms. The van der Waals surface area contributed by atoms with E-state index in [1.54, 1.807) is 0 Å². The van der Waals surface area contributed by atoms with E-state index in [1.807, 2.05) is 11.8 Å². The third kappa shape index (κ3) is 9.93. The fourth-order valence-corrected chi connectivity index (χ4v) is 3.49. The molecule has 0 aliphatic rings. The summed E-state index contributed by atoms with van der Waals surface area (Å²) in [6, 6.07) is 8.43. The lowest BCUT2D eigenvalue weighted by molar-refractivity contribution is 0.136. The summed E-state index contributed by atoms with van der Waals surface area (Å²) in [7, 11) is 0. The van der Waals surface area contributed by atoms with Crippen molar-refractivity contribution in [3.05, 3.63) is 29.8 Å². The van der Waals surface area contributed by atoms with Crippen molar-refractivity contribution < 1.29 is 5.11 Å². The van der Waals surface area contributed by atoms with E-state index in [0.717, 1.165) is 12.1 Å². The first kappa shape index (κ1) is 23.8. The number of halogens is 1. The van der Waals surface area contributed by atoms with E-state index in [0.29, 0.717) is 5.25 Å². The molecule has 2 N–H and O–H groups in total. The van der Waals surface area contributed by atoms with Crippen LogP contribution in [-0.2, 0) is 0 Å². The highest BCUT2D eigenvalue weighted by Gasteiger charge is 2.15. The second-order valence-electron chi connectivity index (χ2n) is 6.69. The zero-order valence-electron chi connectivity index (χ0n) is 15.8. The highest BCUT2D eigenvalue weighted by molar-refractivity contribution is 7.99. The van der Waals surface area contributed by atoms with Gasteiger partial charge >= 0.3 is 0 Å². The van der Waals surface area contributed by atoms with Crippen molar-refractivity contribution in [1.29, 1.82) is 0 Å². The first-order chi connectivity index (χ1) is 11.0. The second-order valence-corrected chi connectivity index (χ2v) is 8.34. The van der Waals surface area contributed by atoms with Gasteiger partial charge in [0, 0.05) is 16.2 Å². The first-order valence-electron chi connectivity index (χ1n) is 9.22. The van der Waals surface area contributed by atoms with Crippen LogP contribution in [0.5, 0.6) is 0 Å². The summed E-state index contributed by atoms with van der Waals surface area (Å²) in [5, 5.41) is 14.5. The third-order valence-corrected chi connectivity index (χ3v) is 5.08. The molecule has 1 rings (SSSR count). The Morgan fingerprint density at radius 3 is 2.12 bits per heavy atom. The molecule has 0 saturated heterocycles. The summed E-state index contributed by atoms with van der Waals surface area (Å²) in [6.45, 7) is 9.70. The van der Waals surface area contributed by atoms with Gasteiger partial charge in [0.2, 0.25) is 0 Å². The van der Waals surface area contributed by atoms with Crippen molar-refractivity contribution in [2.75, 3.05) is 6.54 Å². The predicted molar refractivity (Wildman–Crippen MR) is 110 cm³/mol. The molecule has 4 heteroatoms. The Morgan fingerprint density at radius 1 is 0.958 bits per heavy atom. The van der Waals surface area contributed by atoms with Crippen LogP contribution in [0.2, 0.25) is 0 Å². The minimum Gasteiger partial charge on any atom is -0.387 e. The normalized spacial score (nSPS) is 13.6. The van der Waals surface area contributed by atoms with Crippen LogP contribution >= 0.6 is 24.2 Å². The van der Waals surface area contributed by atoms with Gasteiger partial charge in [-0.25, -0.2) is 0 Å². The van der Waals surface area contributed by atoms with Crippen molar-refractivity contribution in [1.82, 2.24) is 5.32 Å². The number of benzene rings is 1. The number of hydrogen-bond acceptors (Lipinski definition) is 3. The molecule has 0 fully saturated rings. The molecule has 1 aromatic carbocycles. The summed E-state index contributed by atoms with van der Waals surface area (Å²) in [4.78, 5) is 1.27. The lowest BCUT2D eigenvalue weighted by Crippen LogP contribution is -2.32. The van der Waals surface area contributed by atoms with E-state index in [-0.39, 0.29) is 18.4 Å². The average molecular weight is 374 g/mol. The standard InChI is InChI=1S/C20H35NOS.ClH/c1-5-6-7-8-9-10-15-21-17(4)20(22)18-11-13-19(14-12-18)23-16(2)3;/h11-14,16-17,20-22H,5-10,15H2,1-4H3;1H/t17-,20+;/m0./s1. The summed E-state index contributed by atoms with van der Waals surface area (Å²) in [5.74, 6) is 0. The highest BCUT2D eigenvalue weighted by Crippen LogP contribution is 2.25. The molecule has 0 saturated carbocycles. The van der Waals surface area contributed by atoms with Crippen LogP contribution in [0, 0.1) is 0 Å². The first-order valence-corrected chi connectivity index (χ1v) is 10.1. The largest absolute Gasteiger partial charge is 0.387 e. The third-order valence-electron chi connectivity index (χ3n) is 4.06. The number of thioether (sulfide) groups is 1. The van der Waals surface area contributed by atoms with Gasteiger partial charge < -0.3 is 10.4 Å². The van der Waals surface area contributed by atoms with E-state index in [1.165, 1.54) is 43.4 Å². The zero-order valence-corrected chi connectivity index (χ0v) is 17.4. The fourth-order valence-electron chi connectivity index (χ4n) is 2.65. The molecule has 0 bridgehead atoms. The van der Waals surface area contributed by atoms with Gasteiger partial charge in [0.05, 0.1) is 6.10 Å². The molecule has 0 aliphatic carbocycles. The van der Waals surface area contributed by atoms with Crippen LogP contribution in [0.25, 0.3) is 0 Å². The van der Waals surface area contributed by atoms with E-state index in [2.05, 4.69) is 57.3 Å². The van der Waals surface area contributed by atoms with Gasteiger partial charge in [-0.3, -0.25) is 0 Å². The number of unbranched alkanes of at least 4 members (excludes halogenated alkanes) is 5. The van der Waals surface area contributed by atoms with E-state index < -0.39 is 6.10 Å². The summed E-state index contributed by atoms with van der Waals surface area (Å²) in [5.41, 5.74) is 1.00. The Bertz CT molecular complexity index is 411. The molecular weight excluding hydrogens is 338 g/mol. The molecule has 140 valence electrons. The molecule has 0 radical (unpaired) electrons. The number of hydrogen-bond donors (Lipinski definition) is 2. The van der Waals surface area contributed by atoms with Gasteiger partial charge in [0.1, 0.15) is 0 Å². The maximum Gasteiger partial charge on any atom is 0.0940 e. The number of rotatable bonds is 12. The van der Waals surface area contributed by atoms with Gasteiger partial charge in [0.25, 0.3) is 0 Å². The average Bonchev–Trinajstić information content (AvgIpc) is 2.53. The molecule has 2 nitrogen and oxygen atoms in total. The van der Waals surface area contributed by atoms with Crippen LogP contribution < -0.4 is 5.32 Å². The predicted octanol–water partition coefficient (Wildman–Crippen LogP) is 5.98. The minimum absolute atomic E-state index is 0. The summed E-state index contributed by atoms with van der Waals surface area (Å²) in [6.07, 6.45) is 7.40. The zero-order chi connectivity index (χ0) is 17.1. The lowest BCUT2D eigenvalue weighted by Gasteiger charge is -2.21. The summed E-state index contributed by atoms with van der Waals surface area (Å²) < 4.78 is 0. The van der Waals surface area contributed by atoms with Gasteiger partial charge in [-0.15, -0.1) is 24.2 Å². The van der Waals surface area contributed by atoms with Crippen LogP contribution in [0.4, 0.5) is 0 Å². The number of aliphatic hydroxyl groups excluding tert-OH is 1. The van der Waals surface area contributed by atoms with Gasteiger partial charge in [-0.2, -0.15) is 0 Å². The smallest absolute Gasteiger partial charge is 0.0940 e. The quantitative estimate of drug-likeness (QED) is 0.349. The molecule has 0 unspecified atom stereocenters. The van der Waals surface area contributed by atoms with Crippen molar-refractivity contribution >= 4 is 24.2 Å². The van der Waals surface area contributed by atoms with Crippen molar-refractivity contribution in [2.24, 2.45) is 0 Å². The topological polar surface area (TPSA) is 32.3 Å². The van der Waals surface area contributed by atoms with Crippen LogP contribution in [0.3, 0.4) is 0 Å². The Balaban J connectivity index is 0.00000529. The van der Waals surface area contributed by atoms with Crippen molar-refractivity contribution in [3.8, 4) is 0 Å². The highest BCUT2D eigenvalue weighted by atomic mass is 35.5. The second kappa shape index (κ2) is 14.0. The molecule has 0 aliphatic heterocycles. The Kier molecular flexibility index (Phi) is 13.9. The Labute approximate surface area is 159 Å². The van der Waals surface area contributed by atoms with E-state index in [9.17, 15) is 5.11 Å². The number of nitrogens with one attached hydrogen (secondary N) is 1. The van der Waals surface area contributed by atoms with Crippen LogP contribution in [-0.4, -0.2) is 22.9 Å².